The van der Waals surface area contributed by atoms with Crippen LogP contribution < -0.4 is 45.3 Å². The monoisotopic (exact) mass is 1010 g/mol. The zero-order valence-electron chi connectivity index (χ0n) is 40.7. The molecule has 382 valence electrons. The van der Waals surface area contributed by atoms with Crippen molar-refractivity contribution >= 4 is 62.2 Å². The Morgan fingerprint density at radius 2 is 1.44 bits per heavy atom. The number of imide groups is 2. The van der Waals surface area contributed by atoms with Crippen molar-refractivity contribution in [2.75, 3.05) is 58.3 Å². The molecule has 6 amide bonds. The fraction of sp³-hybridized carbons (Fsp3) is 0.380. The zero-order chi connectivity index (χ0) is 51.7. The van der Waals surface area contributed by atoms with E-state index in [9.17, 15) is 42.0 Å². The van der Waals surface area contributed by atoms with Crippen LogP contribution >= 0.6 is 0 Å². The van der Waals surface area contributed by atoms with E-state index in [1.165, 1.54) is 57.7 Å². The van der Waals surface area contributed by atoms with Crippen molar-refractivity contribution in [1.29, 1.82) is 0 Å². The number of amides is 6. The molecule has 1 saturated heterocycles. The van der Waals surface area contributed by atoms with Crippen LogP contribution in [0, 0.1) is 0 Å². The number of aromatic nitrogens is 2. The molecular formula is C50H58N8O13S. The van der Waals surface area contributed by atoms with Crippen molar-refractivity contribution in [3.63, 3.8) is 0 Å². The minimum Gasteiger partial charge on any atom is -0.493 e. The predicted octanol–water partition coefficient (Wildman–Crippen LogP) is 4.09. The van der Waals surface area contributed by atoms with Crippen molar-refractivity contribution in [2.45, 2.75) is 62.8 Å². The fourth-order valence-electron chi connectivity index (χ4n) is 8.12. The van der Waals surface area contributed by atoms with E-state index in [0.717, 1.165) is 30.7 Å². The number of imidazole rings is 1. The number of aryl methyl sites for hydroxylation is 2. The molecule has 3 heterocycles. The number of unbranched alkanes of at least 4 members (excludes halogenated alkanes) is 2. The number of benzene rings is 4. The maximum absolute atomic E-state index is 14.1. The number of anilines is 1. The Kier molecular flexibility index (Phi) is 16.7. The molecule has 0 saturated carbocycles. The molecule has 22 heteroatoms. The first-order chi connectivity index (χ1) is 34.4. The lowest BCUT2D eigenvalue weighted by Gasteiger charge is -2.27. The van der Waals surface area contributed by atoms with Gasteiger partial charge in [0.05, 0.1) is 46.0 Å². The van der Waals surface area contributed by atoms with Gasteiger partial charge < -0.3 is 34.5 Å². The standard InChI is InChI=1S/C50H58N8O13S/c1-6-22-68-32-25-33(69-23-10-9-21-55(2)3)27-34(26-32)71-42-29-40-39(56(4)50(65)57(40)5)28-37(42)54-72(66,67)35-14-11-13-31(24-35)46(61)52-20-8-7-19-51-44(60)30-70-41-16-12-15-36-45(41)49(64)58(48(36)63)38-17-18-43(59)53-47(38)62/h11-16,24-29,38,54H,6-10,17-23,30H2,1-5H3,(H,51,60)(H,52,61)(H,53,59,62). The van der Waals surface area contributed by atoms with Gasteiger partial charge in [-0.05, 0) is 95.6 Å². The second-order valence-electron chi connectivity index (χ2n) is 17.5. The average molecular weight is 1010 g/mol. The van der Waals surface area contributed by atoms with Gasteiger partial charge in [-0.2, -0.15) is 0 Å². The summed E-state index contributed by atoms with van der Waals surface area (Å²) < 4.78 is 57.6. The molecule has 4 aromatic carbocycles. The Balaban J connectivity index is 0.943. The number of nitrogens with zero attached hydrogens (tertiary/aromatic N) is 4. The van der Waals surface area contributed by atoms with Crippen molar-refractivity contribution in [3.05, 3.63) is 100.0 Å². The van der Waals surface area contributed by atoms with Crippen LogP contribution in [0.25, 0.3) is 11.0 Å². The third-order valence-electron chi connectivity index (χ3n) is 11.8. The summed E-state index contributed by atoms with van der Waals surface area (Å²) in [7, 11) is 2.82. The van der Waals surface area contributed by atoms with Gasteiger partial charge in [-0.3, -0.25) is 52.8 Å². The van der Waals surface area contributed by atoms with Crippen molar-refractivity contribution in [3.8, 4) is 28.7 Å². The van der Waals surface area contributed by atoms with E-state index in [-0.39, 0.29) is 70.4 Å². The van der Waals surface area contributed by atoms with Crippen LogP contribution in [0.3, 0.4) is 0 Å². The number of hydrogen-bond donors (Lipinski definition) is 4. The van der Waals surface area contributed by atoms with Crippen LogP contribution in [0.5, 0.6) is 28.7 Å². The topological polar surface area (TPSA) is 255 Å². The predicted molar refractivity (Wildman–Crippen MR) is 264 cm³/mol. The largest absolute Gasteiger partial charge is 0.493 e. The molecule has 0 bridgehead atoms. The molecule has 1 fully saturated rings. The lowest BCUT2D eigenvalue weighted by molar-refractivity contribution is -0.136. The summed E-state index contributed by atoms with van der Waals surface area (Å²) in [4.78, 5) is 92.1. The van der Waals surface area contributed by atoms with Gasteiger partial charge in [0.25, 0.3) is 33.7 Å². The quantitative estimate of drug-likeness (QED) is 0.0502. The lowest BCUT2D eigenvalue weighted by atomic mass is 10.0. The second kappa shape index (κ2) is 23.0. The van der Waals surface area contributed by atoms with Gasteiger partial charge in [0.15, 0.2) is 12.4 Å². The van der Waals surface area contributed by atoms with Crippen LogP contribution in [0.4, 0.5) is 5.69 Å². The number of rotatable bonds is 24. The number of nitrogens with one attached hydrogen (secondary N) is 4. The smallest absolute Gasteiger partial charge is 0.328 e. The van der Waals surface area contributed by atoms with Gasteiger partial charge in [-0.25, -0.2) is 13.2 Å². The van der Waals surface area contributed by atoms with E-state index in [0.29, 0.717) is 54.3 Å². The van der Waals surface area contributed by atoms with Crippen LogP contribution in [0.1, 0.15) is 82.9 Å². The minimum absolute atomic E-state index is 0.00558. The van der Waals surface area contributed by atoms with E-state index in [2.05, 4.69) is 25.6 Å². The van der Waals surface area contributed by atoms with Gasteiger partial charge in [0, 0.05) is 63.4 Å². The van der Waals surface area contributed by atoms with Crippen molar-refractivity contribution in [1.82, 2.24) is 34.9 Å². The molecule has 0 radical (unpaired) electrons. The first-order valence-corrected chi connectivity index (χ1v) is 25.0. The Morgan fingerprint density at radius 3 is 2.15 bits per heavy atom. The summed E-state index contributed by atoms with van der Waals surface area (Å²) in [5.74, 6) is -2.37. The number of hydrogen-bond acceptors (Lipinski definition) is 14. The first-order valence-electron chi connectivity index (χ1n) is 23.5. The molecule has 0 spiro atoms. The maximum atomic E-state index is 14.1. The summed E-state index contributed by atoms with van der Waals surface area (Å²) in [5.41, 5.74) is 0.624. The summed E-state index contributed by atoms with van der Waals surface area (Å²) >= 11 is 0. The molecular weight excluding hydrogens is 953 g/mol. The highest BCUT2D eigenvalue weighted by Gasteiger charge is 2.46. The lowest BCUT2D eigenvalue weighted by Crippen LogP contribution is -2.54. The van der Waals surface area contributed by atoms with Gasteiger partial charge in [-0.1, -0.05) is 19.1 Å². The molecule has 1 atom stereocenters. The average Bonchev–Trinajstić information content (AvgIpc) is 3.72. The van der Waals surface area contributed by atoms with Crippen LogP contribution in [0.2, 0.25) is 0 Å². The van der Waals surface area contributed by atoms with E-state index in [1.54, 1.807) is 38.4 Å². The minimum atomic E-state index is -4.37. The molecule has 1 aromatic heterocycles. The number of piperidine rings is 1. The number of carbonyl (C=O) groups is 6. The number of fused-ring (bicyclic) bond motifs is 2. The summed E-state index contributed by atoms with van der Waals surface area (Å²) in [6.45, 7) is 3.72. The second-order valence-corrected chi connectivity index (χ2v) is 19.2. The van der Waals surface area contributed by atoms with E-state index in [1.807, 2.05) is 21.0 Å². The normalized spacial score (nSPS) is 14.6. The molecule has 72 heavy (non-hydrogen) atoms. The van der Waals surface area contributed by atoms with Gasteiger partial charge in [0.2, 0.25) is 11.8 Å². The highest BCUT2D eigenvalue weighted by Crippen LogP contribution is 2.38. The van der Waals surface area contributed by atoms with Gasteiger partial charge >= 0.3 is 5.69 Å². The van der Waals surface area contributed by atoms with Gasteiger partial charge in [0.1, 0.15) is 29.0 Å². The number of sulfonamides is 1. The van der Waals surface area contributed by atoms with Crippen LogP contribution in [-0.4, -0.2) is 122 Å². The number of ether oxygens (including phenoxy) is 4. The van der Waals surface area contributed by atoms with Gasteiger partial charge in [-0.15, -0.1) is 0 Å². The molecule has 4 N–H and O–H groups in total. The summed E-state index contributed by atoms with van der Waals surface area (Å²) in [5, 5.41) is 7.61. The first kappa shape index (κ1) is 52.1. The molecule has 2 aliphatic heterocycles. The molecule has 1 unspecified atom stereocenters. The van der Waals surface area contributed by atoms with E-state index < -0.39 is 58.1 Å². The molecule has 21 nitrogen and oxygen atoms in total. The highest BCUT2D eigenvalue weighted by molar-refractivity contribution is 7.92. The third-order valence-corrected chi connectivity index (χ3v) is 13.2. The molecule has 2 aliphatic rings. The Labute approximate surface area is 415 Å². The fourth-order valence-corrected chi connectivity index (χ4v) is 9.22. The van der Waals surface area contributed by atoms with Crippen LogP contribution in [-0.2, 0) is 38.5 Å². The van der Waals surface area contributed by atoms with Crippen molar-refractivity contribution in [2.24, 2.45) is 14.1 Å². The SMILES string of the molecule is CCCOc1cc(OCCCCN(C)C)cc(Oc2cc3c(cc2NS(=O)(=O)c2cccc(C(=O)NCCCCNC(=O)COc4cccc5c4C(=O)N(C4CCC(=O)NC4=O)C5=O)c2)n(C)c(=O)n3C)c1. The summed E-state index contributed by atoms with van der Waals surface area (Å²) in [6.07, 6.45) is 3.37. The third kappa shape index (κ3) is 12.2. The highest BCUT2D eigenvalue weighted by atomic mass is 32.2. The Bertz CT molecular complexity index is 3080. The Hall–Kier alpha value is -7.72. The zero-order valence-corrected chi connectivity index (χ0v) is 41.5. The maximum Gasteiger partial charge on any atom is 0.328 e. The summed E-state index contributed by atoms with van der Waals surface area (Å²) in [6, 6.07) is 16.9. The Morgan fingerprint density at radius 1 is 0.764 bits per heavy atom. The van der Waals surface area contributed by atoms with E-state index >= 15 is 0 Å². The number of carbonyl (C=O) groups excluding carboxylic acids is 6. The van der Waals surface area contributed by atoms with Crippen LogP contribution in [0.15, 0.2) is 82.5 Å². The van der Waals surface area contributed by atoms with E-state index in [4.69, 9.17) is 18.9 Å². The molecule has 7 rings (SSSR count). The molecule has 0 aliphatic carbocycles. The molecule has 5 aromatic rings. The van der Waals surface area contributed by atoms with Crippen molar-refractivity contribution < 1.29 is 56.1 Å².